The molecule has 1 aromatic heterocycles. The van der Waals surface area contributed by atoms with E-state index < -0.39 is 0 Å². The van der Waals surface area contributed by atoms with E-state index in [0.29, 0.717) is 18.0 Å². The molecule has 1 amide bonds. The maximum Gasteiger partial charge on any atom is 0.226 e. The van der Waals surface area contributed by atoms with E-state index in [-0.39, 0.29) is 17.7 Å². The van der Waals surface area contributed by atoms with Crippen molar-refractivity contribution in [2.75, 3.05) is 27.9 Å². The minimum absolute atomic E-state index is 0.00243. The van der Waals surface area contributed by atoms with Crippen molar-refractivity contribution in [1.29, 1.82) is 0 Å². The maximum atomic E-state index is 12.9. The minimum atomic E-state index is -0.0208. The predicted octanol–water partition coefficient (Wildman–Crippen LogP) is 5.40. The molecule has 0 atom stereocenters. The summed E-state index contributed by atoms with van der Waals surface area (Å²) in [6.45, 7) is 0.644. The van der Waals surface area contributed by atoms with E-state index in [1.54, 1.807) is 21.3 Å². The molecule has 1 fully saturated rings. The van der Waals surface area contributed by atoms with E-state index >= 15 is 0 Å². The van der Waals surface area contributed by atoms with Crippen LogP contribution in [-0.4, -0.2) is 38.8 Å². The lowest BCUT2D eigenvalue weighted by atomic mass is 9.69. The number of carbonyl (C=O) groups is 1. The van der Waals surface area contributed by atoms with Crippen LogP contribution < -0.4 is 19.5 Å². The SMILES string of the molecule is COc1ccc(C2(CNC(=O)Cc3csc(-c4ccc(OC)c(OC)c4)n3)CCCCC2)cc1. The molecule has 7 heteroatoms. The summed E-state index contributed by atoms with van der Waals surface area (Å²) >= 11 is 1.52. The normalized spacial score (nSPS) is 14.9. The fourth-order valence-corrected chi connectivity index (χ4v) is 5.54. The molecule has 4 rings (SSSR count). The highest BCUT2D eigenvalue weighted by atomic mass is 32.1. The summed E-state index contributed by atoms with van der Waals surface area (Å²) in [6.07, 6.45) is 6.05. The number of benzene rings is 2. The second-order valence-electron chi connectivity index (χ2n) is 8.74. The number of nitrogens with zero attached hydrogens (tertiary/aromatic N) is 1. The van der Waals surface area contributed by atoms with Gasteiger partial charge in [-0.2, -0.15) is 0 Å². The summed E-state index contributed by atoms with van der Waals surface area (Å²) in [5, 5.41) is 6.01. The summed E-state index contributed by atoms with van der Waals surface area (Å²) in [7, 11) is 4.91. The van der Waals surface area contributed by atoms with E-state index in [0.717, 1.165) is 34.9 Å². The van der Waals surface area contributed by atoms with Crippen molar-refractivity contribution >= 4 is 17.2 Å². The third kappa shape index (κ3) is 5.36. The van der Waals surface area contributed by atoms with Gasteiger partial charge in [-0.1, -0.05) is 31.4 Å². The summed E-state index contributed by atoms with van der Waals surface area (Å²) in [5.41, 5.74) is 2.97. The number of carbonyl (C=O) groups excluding carboxylic acids is 1. The molecule has 1 aliphatic carbocycles. The molecule has 1 N–H and O–H groups in total. The van der Waals surface area contributed by atoms with Crippen molar-refractivity contribution in [3.05, 3.63) is 59.1 Å². The number of aromatic nitrogens is 1. The molecular formula is C27H32N2O4S. The van der Waals surface area contributed by atoms with Gasteiger partial charge in [0.2, 0.25) is 5.91 Å². The fourth-order valence-electron chi connectivity index (χ4n) is 4.73. The van der Waals surface area contributed by atoms with Gasteiger partial charge in [0.15, 0.2) is 11.5 Å². The molecular weight excluding hydrogens is 448 g/mol. The smallest absolute Gasteiger partial charge is 0.226 e. The first-order chi connectivity index (χ1) is 16.6. The van der Waals surface area contributed by atoms with Gasteiger partial charge in [-0.05, 0) is 48.7 Å². The lowest BCUT2D eigenvalue weighted by Crippen LogP contribution is -2.42. The van der Waals surface area contributed by atoms with Gasteiger partial charge in [0.25, 0.3) is 0 Å². The Morgan fingerprint density at radius 2 is 1.71 bits per heavy atom. The summed E-state index contributed by atoms with van der Waals surface area (Å²) in [4.78, 5) is 17.5. The van der Waals surface area contributed by atoms with Gasteiger partial charge in [0.05, 0.1) is 33.4 Å². The Morgan fingerprint density at radius 3 is 2.38 bits per heavy atom. The molecule has 180 valence electrons. The lowest BCUT2D eigenvalue weighted by molar-refractivity contribution is -0.120. The maximum absolute atomic E-state index is 12.9. The van der Waals surface area contributed by atoms with Crippen LogP contribution in [0.1, 0.15) is 43.4 Å². The van der Waals surface area contributed by atoms with E-state index in [4.69, 9.17) is 14.2 Å². The highest BCUT2D eigenvalue weighted by Gasteiger charge is 2.34. The van der Waals surface area contributed by atoms with Crippen LogP contribution in [0, 0.1) is 0 Å². The first-order valence-corrected chi connectivity index (χ1v) is 12.5. The Balaban J connectivity index is 1.41. The molecule has 0 saturated heterocycles. The largest absolute Gasteiger partial charge is 0.497 e. The standard InChI is InChI=1S/C27H32N2O4S/c1-31-22-10-8-20(9-11-22)27(13-5-4-6-14-27)18-28-25(30)16-21-17-34-26(29-21)19-7-12-23(32-2)24(15-19)33-3/h7-12,15,17H,4-6,13-14,16,18H2,1-3H3,(H,28,30). The second kappa shape index (κ2) is 10.9. The van der Waals surface area contributed by atoms with Crippen LogP contribution in [-0.2, 0) is 16.6 Å². The fraction of sp³-hybridized carbons (Fsp3) is 0.407. The number of hydrogen-bond acceptors (Lipinski definition) is 6. The van der Waals surface area contributed by atoms with Gasteiger partial charge in [0.1, 0.15) is 10.8 Å². The van der Waals surface area contributed by atoms with Gasteiger partial charge >= 0.3 is 0 Å². The minimum Gasteiger partial charge on any atom is -0.497 e. The Labute approximate surface area is 205 Å². The zero-order chi connectivity index (χ0) is 24.0. The van der Waals surface area contributed by atoms with E-state index in [1.807, 2.05) is 35.7 Å². The van der Waals surface area contributed by atoms with Crippen LogP contribution >= 0.6 is 11.3 Å². The number of ether oxygens (including phenoxy) is 3. The molecule has 0 aliphatic heterocycles. The van der Waals surface area contributed by atoms with Gasteiger partial charge in [-0.3, -0.25) is 4.79 Å². The van der Waals surface area contributed by atoms with E-state index in [1.165, 1.54) is 36.2 Å². The lowest BCUT2D eigenvalue weighted by Gasteiger charge is -2.38. The molecule has 0 radical (unpaired) electrons. The van der Waals surface area contributed by atoms with E-state index in [2.05, 4.69) is 22.4 Å². The average molecular weight is 481 g/mol. The van der Waals surface area contributed by atoms with Crippen LogP contribution in [0.15, 0.2) is 47.8 Å². The Hall–Kier alpha value is -3.06. The second-order valence-corrected chi connectivity index (χ2v) is 9.59. The molecule has 6 nitrogen and oxygen atoms in total. The summed E-state index contributed by atoms with van der Waals surface area (Å²) in [6, 6.07) is 14.0. The monoisotopic (exact) mass is 480 g/mol. The summed E-state index contributed by atoms with van der Waals surface area (Å²) < 4.78 is 16.0. The van der Waals surface area contributed by atoms with Gasteiger partial charge in [-0.25, -0.2) is 4.98 Å². The molecule has 34 heavy (non-hydrogen) atoms. The number of hydrogen-bond donors (Lipinski definition) is 1. The zero-order valence-electron chi connectivity index (χ0n) is 20.1. The topological polar surface area (TPSA) is 69.7 Å². The van der Waals surface area contributed by atoms with Gasteiger partial charge < -0.3 is 19.5 Å². The molecule has 0 unspecified atom stereocenters. The third-order valence-corrected chi connectivity index (χ3v) is 7.60. The third-order valence-electron chi connectivity index (χ3n) is 6.66. The van der Waals surface area contributed by atoms with Crippen LogP contribution in [0.5, 0.6) is 17.2 Å². The predicted molar refractivity (Wildman–Crippen MR) is 135 cm³/mol. The van der Waals surface area contributed by atoms with Gasteiger partial charge in [0, 0.05) is 22.9 Å². The molecule has 1 aliphatic rings. The highest BCUT2D eigenvalue weighted by Crippen LogP contribution is 2.39. The van der Waals surface area contributed by atoms with E-state index in [9.17, 15) is 4.79 Å². The molecule has 2 aromatic carbocycles. The first kappa shape index (κ1) is 24.1. The number of thiazole rings is 1. The van der Waals surface area contributed by atoms with Crippen molar-refractivity contribution < 1.29 is 19.0 Å². The Kier molecular flexibility index (Phi) is 7.73. The van der Waals surface area contributed by atoms with Crippen molar-refractivity contribution in [2.24, 2.45) is 0 Å². The zero-order valence-corrected chi connectivity index (χ0v) is 20.9. The molecule has 1 saturated carbocycles. The molecule has 3 aromatic rings. The molecule has 0 spiro atoms. The van der Waals surface area contributed by atoms with Gasteiger partial charge in [-0.15, -0.1) is 11.3 Å². The van der Waals surface area contributed by atoms with Crippen LogP contribution in [0.2, 0.25) is 0 Å². The number of amides is 1. The average Bonchev–Trinajstić information content (AvgIpc) is 3.36. The number of rotatable bonds is 9. The summed E-state index contributed by atoms with van der Waals surface area (Å²) in [5.74, 6) is 2.19. The molecule has 1 heterocycles. The van der Waals surface area contributed by atoms with Crippen LogP contribution in [0.25, 0.3) is 10.6 Å². The quantitative estimate of drug-likeness (QED) is 0.444. The van der Waals surface area contributed by atoms with Crippen LogP contribution in [0.4, 0.5) is 0 Å². The van der Waals surface area contributed by atoms with Crippen molar-refractivity contribution in [1.82, 2.24) is 10.3 Å². The number of nitrogens with one attached hydrogen (secondary N) is 1. The van der Waals surface area contributed by atoms with Crippen molar-refractivity contribution in [2.45, 2.75) is 43.9 Å². The van der Waals surface area contributed by atoms with Crippen molar-refractivity contribution in [3.63, 3.8) is 0 Å². The Bertz CT molecular complexity index is 1100. The molecule has 0 bridgehead atoms. The van der Waals surface area contributed by atoms with Crippen LogP contribution in [0.3, 0.4) is 0 Å². The Morgan fingerprint density at radius 1 is 0.971 bits per heavy atom. The van der Waals surface area contributed by atoms with Crippen molar-refractivity contribution in [3.8, 4) is 27.8 Å². The highest BCUT2D eigenvalue weighted by molar-refractivity contribution is 7.13. The first-order valence-electron chi connectivity index (χ1n) is 11.6. The number of methoxy groups -OCH3 is 3.